The summed E-state index contributed by atoms with van der Waals surface area (Å²) in [6.45, 7) is 7.95. The van der Waals surface area contributed by atoms with Gasteiger partial charge in [0.05, 0.1) is 40.6 Å². The third-order valence-electron chi connectivity index (χ3n) is 5.78. The Labute approximate surface area is 203 Å². The van der Waals surface area contributed by atoms with Crippen LogP contribution in [0.2, 0.25) is 0 Å². The monoisotopic (exact) mass is 506 g/mol. The SMILES string of the molecule is C[P+](C)(C[P+](C)(C)P(c1ccccc1)c1ccccc1)P(c1ccccc1)c1ccccc1. The molecule has 0 radical (unpaired) electrons. The summed E-state index contributed by atoms with van der Waals surface area (Å²) in [5.74, 6) is 1.37. The molecule has 0 unspecified atom stereocenters. The van der Waals surface area contributed by atoms with E-state index in [1.54, 1.807) is 0 Å². The first-order valence-corrected chi connectivity index (χ1v) is 21.2. The van der Waals surface area contributed by atoms with Crippen LogP contribution < -0.4 is 21.2 Å². The van der Waals surface area contributed by atoms with Gasteiger partial charge in [-0.2, -0.15) is 0 Å². The second-order valence-corrected chi connectivity index (χ2v) is 29.2. The number of rotatable bonds is 8. The molecule has 0 aromatic heterocycles. The fourth-order valence-corrected chi connectivity index (χ4v) is 35.5. The highest BCUT2D eigenvalue weighted by molar-refractivity contribution is 8.52. The molecule has 0 saturated carbocycles. The average Bonchev–Trinajstić information content (AvgIpc) is 2.81. The second-order valence-electron chi connectivity index (χ2n) is 9.35. The molecule has 0 atom stereocenters. The van der Waals surface area contributed by atoms with Crippen molar-refractivity contribution in [3.63, 3.8) is 0 Å². The zero-order valence-electron chi connectivity index (χ0n) is 20.0. The molecule has 0 saturated heterocycles. The van der Waals surface area contributed by atoms with Gasteiger partial charge in [-0.3, -0.25) is 0 Å². The number of hydrogen-bond acceptors (Lipinski definition) is 0. The lowest BCUT2D eigenvalue weighted by Crippen LogP contribution is -2.18. The molecule has 0 aliphatic carbocycles. The van der Waals surface area contributed by atoms with E-state index >= 15 is 0 Å². The Hall–Kier alpha value is -1.40. The first-order chi connectivity index (χ1) is 15.9. The highest BCUT2D eigenvalue weighted by atomic mass is 32.1. The largest absolute Gasteiger partial charge is 0.164 e. The summed E-state index contributed by atoms with van der Waals surface area (Å²) in [6, 6.07) is 45.2. The molecule has 0 nitrogen and oxygen atoms in total. The van der Waals surface area contributed by atoms with Crippen LogP contribution in [0.15, 0.2) is 121 Å². The predicted molar refractivity (Wildman–Crippen MR) is 161 cm³/mol. The van der Waals surface area contributed by atoms with Gasteiger partial charge in [0, 0.05) is 21.2 Å². The van der Waals surface area contributed by atoms with Crippen molar-refractivity contribution in [1.82, 2.24) is 0 Å². The van der Waals surface area contributed by atoms with Crippen molar-refractivity contribution in [2.45, 2.75) is 0 Å². The minimum Gasteiger partial charge on any atom is -0.0622 e. The number of benzene rings is 4. The molecule has 0 N–H and O–H groups in total. The topological polar surface area (TPSA) is 0 Å². The Morgan fingerprint density at radius 1 is 0.394 bits per heavy atom. The average molecular weight is 506 g/mol. The van der Waals surface area contributed by atoms with Crippen molar-refractivity contribution < 1.29 is 0 Å². The van der Waals surface area contributed by atoms with Crippen molar-refractivity contribution >= 4 is 50.3 Å². The summed E-state index contributed by atoms with van der Waals surface area (Å²) >= 11 is 0. The van der Waals surface area contributed by atoms with Gasteiger partial charge in [0.25, 0.3) is 0 Å². The van der Waals surface area contributed by atoms with Gasteiger partial charge < -0.3 is 0 Å². The summed E-state index contributed by atoms with van der Waals surface area (Å²) in [7, 11) is -0.744. The lowest BCUT2D eigenvalue weighted by Gasteiger charge is -2.34. The molecule has 0 amide bonds. The van der Waals surface area contributed by atoms with Crippen LogP contribution in [-0.4, -0.2) is 32.6 Å². The summed E-state index contributed by atoms with van der Waals surface area (Å²) in [5, 5.41) is 6.11. The lowest BCUT2D eigenvalue weighted by molar-refractivity contribution is 1.75. The van der Waals surface area contributed by atoms with Gasteiger partial charge in [0.15, 0.2) is 5.90 Å². The quantitative estimate of drug-likeness (QED) is 0.216. The molecule has 0 heterocycles. The molecule has 4 aromatic rings. The standard InChI is InChI=1S/C29H34P4/c1-32(2,30(26-17-9-5-10-18-26)27-19-11-6-12-20-27)25-33(3,4)31(28-21-13-7-14-22-28)29-23-15-8-16-24-29/h5-24H,25H2,1-4H3/q+2. The third kappa shape index (κ3) is 6.00. The van der Waals surface area contributed by atoms with E-state index in [0.29, 0.717) is 0 Å². The minimum absolute atomic E-state index is 0.372. The zero-order valence-corrected chi connectivity index (χ0v) is 23.6. The number of hydrogen-bond donors (Lipinski definition) is 0. The Balaban J connectivity index is 1.76. The van der Waals surface area contributed by atoms with Gasteiger partial charge in [-0.15, -0.1) is 0 Å². The molecular formula is C29H34P4+2. The van der Waals surface area contributed by atoms with Crippen LogP contribution >= 0.6 is 29.1 Å². The van der Waals surface area contributed by atoms with Gasteiger partial charge in [-0.25, -0.2) is 0 Å². The molecule has 4 heteroatoms. The van der Waals surface area contributed by atoms with Crippen LogP contribution in [-0.2, 0) is 0 Å². The fraction of sp³-hybridized carbons (Fsp3) is 0.172. The van der Waals surface area contributed by atoms with E-state index in [2.05, 4.69) is 148 Å². The van der Waals surface area contributed by atoms with E-state index in [-0.39, 0.29) is 15.2 Å². The van der Waals surface area contributed by atoms with Crippen LogP contribution in [0.5, 0.6) is 0 Å². The van der Waals surface area contributed by atoms with Gasteiger partial charge in [0.2, 0.25) is 0 Å². The van der Waals surface area contributed by atoms with Crippen molar-refractivity contribution in [3.05, 3.63) is 121 Å². The Kier molecular flexibility index (Phi) is 8.16. The van der Waals surface area contributed by atoms with Crippen molar-refractivity contribution in [1.29, 1.82) is 0 Å². The van der Waals surface area contributed by atoms with E-state index in [1.807, 2.05) is 0 Å². The molecule has 0 aliphatic heterocycles. The second kappa shape index (κ2) is 10.9. The van der Waals surface area contributed by atoms with Gasteiger partial charge in [-0.05, 0) is 0 Å². The van der Waals surface area contributed by atoms with Gasteiger partial charge in [-0.1, -0.05) is 121 Å². The molecular weight excluding hydrogens is 472 g/mol. The molecule has 0 bridgehead atoms. The maximum absolute atomic E-state index is 2.63. The molecule has 4 rings (SSSR count). The van der Waals surface area contributed by atoms with Crippen molar-refractivity contribution in [3.8, 4) is 0 Å². The van der Waals surface area contributed by atoms with E-state index in [9.17, 15) is 0 Å². The van der Waals surface area contributed by atoms with E-state index in [1.165, 1.54) is 27.1 Å². The van der Waals surface area contributed by atoms with E-state index < -0.39 is 13.9 Å². The molecule has 4 aromatic carbocycles. The normalized spacial score (nSPS) is 12.3. The van der Waals surface area contributed by atoms with Crippen LogP contribution in [0.4, 0.5) is 0 Å². The lowest BCUT2D eigenvalue weighted by atomic mass is 10.4. The summed E-state index contributed by atoms with van der Waals surface area (Å²) in [5.41, 5.74) is 0. The zero-order chi connectivity index (χ0) is 23.3. The highest BCUT2D eigenvalue weighted by Crippen LogP contribution is 2.91. The van der Waals surface area contributed by atoms with Crippen LogP contribution in [0.3, 0.4) is 0 Å². The first kappa shape index (κ1) is 24.7. The van der Waals surface area contributed by atoms with Crippen LogP contribution in [0, 0.1) is 0 Å². The van der Waals surface area contributed by atoms with E-state index in [4.69, 9.17) is 0 Å². The smallest absolute Gasteiger partial charge is 0.0622 e. The minimum atomic E-state index is -1.28. The summed E-state index contributed by atoms with van der Waals surface area (Å²) in [6.07, 6.45) is 0. The predicted octanol–water partition coefficient (Wildman–Crippen LogP) is 7.59. The van der Waals surface area contributed by atoms with Crippen LogP contribution in [0.1, 0.15) is 0 Å². The maximum Gasteiger partial charge on any atom is 0.164 e. The van der Waals surface area contributed by atoms with Crippen LogP contribution in [0.25, 0.3) is 0 Å². The molecule has 168 valence electrons. The molecule has 0 spiro atoms. The fourth-order valence-electron chi connectivity index (χ4n) is 4.80. The van der Waals surface area contributed by atoms with E-state index in [0.717, 1.165) is 0 Å². The Morgan fingerprint density at radius 2 is 0.606 bits per heavy atom. The summed E-state index contributed by atoms with van der Waals surface area (Å²) < 4.78 is 0. The van der Waals surface area contributed by atoms with Gasteiger partial charge >= 0.3 is 0 Å². The summed E-state index contributed by atoms with van der Waals surface area (Å²) in [4.78, 5) is 0. The first-order valence-electron chi connectivity index (χ1n) is 11.4. The maximum atomic E-state index is 2.63. The molecule has 33 heavy (non-hydrogen) atoms. The van der Waals surface area contributed by atoms with Crippen molar-refractivity contribution in [2.24, 2.45) is 0 Å². The Bertz CT molecular complexity index is 955. The van der Waals surface area contributed by atoms with Crippen molar-refractivity contribution in [2.75, 3.05) is 32.6 Å². The highest BCUT2D eigenvalue weighted by Gasteiger charge is 2.52. The third-order valence-corrected chi connectivity index (χ3v) is 28.2. The molecule has 0 fully saturated rings. The Morgan fingerprint density at radius 3 is 0.818 bits per heavy atom. The molecule has 0 aliphatic rings. The van der Waals surface area contributed by atoms with Gasteiger partial charge in [0.1, 0.15) is 15.2 Å².